The summed E-state index contributed by atoms with van der Waals surface area (Å²) in [4.78, 5) is 56.6. The molecule has 2 saturated heterocycles. The van der Waals surface area contributed by atoms with Crippen LogP contribution >= 0.6 is 0 Å². The van der Waals surface area contributed by atoms with E-state index in [-0.39, 0.29) is 35.2 Å². The smallest absolute Gasteiger partial charge is 0.260 e. The number of nitrogens with one attached hydrogen (secondary N) is 2. The summed E-state index contributed by atoms with van der Waals surface area (Å²) in [5.74, 6) is 1.81. The summed E-state index contributed by atoms with van der Waals surface area (Å²) in [6.45, 7) is 18.3. The normalized spacial score (nSPS) is 21.8. The van der Waals surface area contributed by atoms with Crippen LogP contribution in [0, 0.1) is 23.2 Å². The number of aliphatic hydroxyl groups excluding tert-OH is 1. The summed E-state index contributed by atoms with van der Waals surface area (Å²) < 4.78 is 3.82. The number of unbranched alkanes of at least 4 members (excludes halogenated alkanes) is 1. The Bertz CT molecular complexity index is 2970. The molecule has 0 spiro atoms. The molecule has 384 valence electrons. The topological polar surface area (TPSA) is 177 Å². The van der Waals surface area contributed by atoms with E-state index in [1.807, 2.05) is 21.5 Å². The highest BCUT2D eigenvalue weighted by Crippen LogP contribution is 2.35. The SMILES string of the molecule is CC(C)CCNc1ncc2c3ccc(CN4CCN(C)CC4)cc3c(=O)n(C3CCC(O)CC3)c2n1.CCCCNc1ncc2c3ccc(CN4CCN(C)CC4)cc3c(=O)n(C3CCC(C#N)CC3)c2n1. The van der Waals surface area contributed by atoms with Crippen LogP contribution < -0.4 is 21.8 Å². The van der Waals surface area contributed by atoms with Crippen molar-refractivity contribution in [2.24, 2.45) is 11.8 Å². The molecular formula is C56H77N13O3. The number of hydrogen-bond acceptors (Lipinski definition) is 14. The third kappa shape index (κ3) is 11.9. The number of nitrogens with zero attached hydrogens (tertiary/aromatic N) is 11. The summed E-state index contributed by atoms with van der Waals surface area (Å²) in [6, 6.07) is 15.1. The van der Waals surface area contributed by atoms with E-state index in [4.69, 9.17) is 9.97 Å². The van der Waals surface area contributed by atoms with Crippen molar-refractivity contribution in [1.29, 1.82) is 5.26 Å². The molecule has 2 aliphatic heterocycles. The first-order valence-corrected chi connectivity index (χ1v) is 27.0. The molecule has 4 aromatic heterocycles. The highest BCUT2D eigenvalue weighted by Gasteiger charge is 2.28. The second kappa shape index (κ2) is 23.5. The van der Waals surface area contributed by atoms with Crippen LogP contribution in [0.4, 0.5) is 11.9 Å². The summed E-state index contributed by atoms with van der Waals surface area (Å²) >= 11 is 0. The van der Waals surface area contributed by atoms with Crippen LogP contribution in [0.3, 0.4) is 0 Å². The zero-order valence-electron chi connectivity index (χ0n) is 43.5. The van der Waals surface area contributed by atoms with Gasteiger partial charge < -0.3 is 25.5 Å². The standard InChI is InChI=1S/C28H37N7O.C28H40N6O2/c1-3-4-11-30-28-31-18-25-23-10-7-21(19-34-14-12-33(2)13-15-34)16-24(23)27(36)35(26(25)32-28)22-8-5-20(17-29)6-9-22;1-19(2)10-11-29-28-30-17-25-23-9-4-20(18-33-14-12-32(3)13-15-33)16-24(23)27(36)34(26(25)31-28)21-5-7-22(35)8-6-21/h7,10,16,18,20,22H,3-6,8-9,11-15,19H2,1-2H3,(H,30,31,32);4,9,16-17,19,21-22,35H,5-8,10-15,18H2,1-3H3,(H,29,30,31). The number of aliphatic hydroxyl groups is 1. The molecule has 0 amide bonds. The lowest BCUT2D eigenvalue weighted by Crippen LogP contribution is -2.43. The minimum atomic E-state index is -0.276. The van der Waals surface area contributed by atoms with Gasteiger partial charge in [-0.25, -0.2) is 9.97 Å². The number of anilines is 2. The molecule has 0 atom stereocenters. The molecule has 0 bridgehead atoms. The van der Waals surface area contributed by atoms with E-state index in [1.165, 1.54) is 11.1 Å². The largest absolute Gasteiger partial charge is 0.393 e. The van der Waals surface area contributed by atoms with Crippen LogP contribution in [0.5, 0.6) is 0 Å². The number of hydrogen-bond donors (Lipinski definition) is 3. The van der Waals surface area contributed by atoms with E-state index in [1.54, 1.807) is 0 Å². The molecule has 72 heavy (non-hydrogen) atoms. The lowest BCUT2D eigenvalue weighted by Gasteiger charge is -2.32. The number of fused-ring (bicyclic) bond motifs is 6. The Kier molecular flexibility index (Phi) is 16.8. The van der Waals surface area contributed by atoms with Gasteiger partial charge in [-0.3, -0.25) is 28.5 Å². The number of benzene rings is 2. The first-order chi connectivity index (χ1) is 35.0. The fourth-order valence-electron chi connectivity index (χ4n) is 11.2. The van der Waals surface area contributed by atoms with E-state index < -0.39 is 0 Å². The predicted molar refractivity (Wildman–Crippen MR) is 290 cm³/mol. The van der Waals surface area contributed by atoms with Crippen molar-refractivity contribution in [3.05, 3.63) is 80.6 Å². The second-order valence-electron chi connectivity index (χ2n) is 21.6. The van der Waals surface area contributed by atoms with Gasteiger partial charge in [0.2, 0.25) is 11.9 Å². The van der Waals surface area contributed by atoms with Crippen molar-refractivity contribution in [2.75, 3.05) is 90.2 Å². The monoisotopic (exact) mass is 980 g/mol. The number of likely N-dealkylation sites (N-methyl/N-ethyl adjacent to an activating group) is 2. The quantitative estimate of drug-likeness (QED) is 0.0712. The van der Waals surface area contributed by atoms with Crippen molar-refractivity contribution >= 4 is 55.5 Å². The van der Waals surface area contributed by atoms with E-state index in [0.717, 1.165) is 169 Å². The van der Waals surface area contributed by atoms with Gasteiger partial charge in [0.1, 0.15) is 11.3 Å². The van der Waals surface area contributed by atoms with E-state index in [9.17, 15) is 20.0 Å². The number of rotatable bonds is 14. The van der Waals surface area contributed by atoms with E-state index >= 15 is 0 Å². The van der Waals surface area contributed by atoms with Crippen molar-refractivity contribution in [3.8, 4) is 6.07 Å². The maximum absolute atomic E-state index is 14.0. The van der Waals surface area contributed by atoms with Gasteiger partial charge in [0.25, 0.3) is 11.1 Å². The number of nitriles is 1. The average molecular weight is 980 g/mol. The molecule has 0 unspecified atom stereocenters. The number of pyridine rings is 2. The Morgan fingerprint density at radius 3 is 1.54 bits per heavy atom. The summed E-state index contributed by atoms with van der Waals surface area (Å²) in [7, 11) is 4.33. The lowest BCUT2D eigenvalue weighted by atomic mass is 9.86. The third-order valence-electron chi connectivity index (χ3n) is 15.7. The van der Waals surface area contributed by atoms with Gasteiger partial charge in [-0.2, -0.15) is 15.2 Å². The Balaban J connectivity index is 0.000000178. The van der Waals surface area contributed by atoms with Crippen LogP contribution in [0.1, 0.15) is 115 Å². The Morgan fingerprint density at radius 2 is 1.10 bits per heavy atom. The van der Waals surface area contributed by atoms with Crippen molar-refractivity contribution < 1.29 is 5.11 Å². The molecule has 10 rings (SSSR count). The molecule has 3 N–H and O–H groups in total. The van der Waals surface area contributed by atoms with Gasteiger partial charge in [-0.1, -0.05) is 51.5 Å². The highest BCUT2D eigenvalue weighted by molar-refractivity contribution is 6.05. The fourth-order valence-corrected chi connectivity index (χ4v) is 11.2. The van der Waals surface area contributed by atoms with Gasteiger partial charge in [0.05, 0.1) is 12.2 Å². The van der Waals surface area contributed by atoms with Crippen molar-refractivity contribution in [3.63, 3.8) is 0 Å². The van der Waals surface area contributed by atoms with Gasteiger partial charge in [0, 0.05) is 130 Å². The molecule has 4 aliphatic rings. The van der Waals surface area contributed by atoms with Crippen LogP contribution in [0.2, 0.25) is 0 Å². The second-order valence-corrected chi connectivity index (χ2v) is 21.6. The zero-order valence-corrected chi connectivity index (χ0v) is 43.5. The molecule has 6 heterocycles. The van der Waals surface area contributed by atoms with Gasteiger partial charge in [-0.05, 0) is 118 Å². The molecule has 16 heteroatoms. The van der Waals surface area contributed by atoms with Crippen LogP contribution in [0.25, 0.3) is 43.6 Å². The van der Waals surface area contributed by atoms with Gasteiger partial charge in [-0.15, -0.1) is 0 Å². The first kappa shape index (κ1) is 51.3. The fraction of sp³-hybridized carbons (Fsp3) is 0.589. The molecule has 4 fully saturated rings. The van der Waals surface area contributed by atoms with Crippen LogP contribution in [-0.4, -0.2) is 139 Å². The van der Waals surface area contributed by atoms with Crippen molar-refractivity contribution in [1.82, 2.24) is 48.7 Å². The number of piperazine rings is 2. The van der Waals surface area contributed by atoms with Crippen LogP contribution in [0.15, 0.2) is 58.4 Å². The minimum Gasteiger partial charge on any atom is -0.393 e. The van der Waals surface area contributed by atoms with Gasteiger partial charge >= 0.3 is 0 Å². The first-order valence-electron chi connectivity index (χ1n) is 27.0. The summed E-state index contributed by atoms with van der Waals surface area (Å²) in [5, 5.41) is 31.3. The zero-order chi connectivity index (χ0) is 50.3. The molecule has 2 aliphatic carbocycles. The maximum atomic E-state index is 14.0. The average Bonchev–Trinajstić information content (AvgIpc) is 3.39. The highest BCUT2D eigenvalue weighted by atomic mass is 16.3. The Labute approximate surface area is 424 Å². The molecular weight excluding hydrogens is 903 g/mol. The summed E-state index contributed by atoms with van der Waals surface area (Å²) in [6.07, 6.45) is 12.9. The molecule has 16 nitrogen and oxygen atoms in total. The Morgan fingerprint density at radius 1 is 0.639 bits per heavy atom. The van der Waals surface area contributed by atoms with Crippen LogP contribution in [-0.2, 0) is 13.1 Å². The predicted octanol–water partition coefficient (Wildman–Crippen LogP) is 7.79. The van der Waals surface area contributed by atoms with Crippen molar-refractivity contribution in [2.45, 2.75) is 123 Å². The third-order valence-corrected chi connectivity index (χ3v) is 15.7. The van der Waals surface area contributed by atoms with E-state index in [2.05, 4.69) is 118 Å². The molecule has 2 saturated carbocycles. The summed E-state index contributed by atoms with van der Waals surface area (Å²) in [5.41, 5.74) is 3.78. The lowest BCUT2D eigenvalue weighted by molar-refractivity contribution is 0.111. The number of aromatic nitrogens is 6. The molecule has 0 radical (unpaired) electrons. The minimum absolute atomic E-state index is 0.0194. The van der Waals surface area contributed by atoms with E-state index in [0.29, 0.717) is 42.0 Å². The Hall–Kier alpha value is -5.57. The maximum Gasteiger partial charge on any atom is 0.260 e. The molecule has 6 aromatic rings. The molecule has 2 aromatic carbocycles. The van der Waals surface area contributed by atoms with Gasteiger partial charge in [0.15, 0.2) is 0 Å².